The fourth-order valence-corrected chi connectivity index (χ4v) is 1.51. The minimum absolute atomic E-state index is 0.0327. The van der Waals surface area contributed by atoms with Gasteiger partial charge in [-0.1, -0.05) is 5.16 Å². The summed E-state index contributed by atoms with van der Waals surface area (Å²) in [6.45, 7) is 3.87. The molecule has 0 amide bonds. The van der Waals surface area contributed by atoms with Crippen LogP contribution in [0.25, 0.3) is 0 Å². The number of oxime groups is 1. The maximum absolute atomic E-state index is 9.72. The summed E-state index contributed by atoms with van der Waals surface area (Å²) >= 11 is 0. The van der Waals surface area contributed by atoms with Crippen molar-refractivity contribution in [3.05, 3.63) is 23.9 Å². The van der Waals surface area contributed by atoms with E-state index in [1.165, 1.54) is 0 Å². The molecule has 0 spiro atoms. The number of nitrogens with zero attached hydrogens (tertiary/aromatic N) is 3. The number of amidine groups is 1. The first-order chi connectivity index (χ1) is 7.83. The Morgan fingerprint density at radius 2 is 2.24 bits per heavy atom. The number of rotatable bonds is 4. The van der Waals surface area contributed by atoms with Gasteiger partial charge in [0, 0.05) is 25.4 Å². The molecule has 0 aliphatic carbocycles. The normalized spacial score (nSPS) is 12.6. The predicted molar refractivity (Wildman–Crippen MR) is 66.3 cm³/mol. The molecule has 17 heavy (non-hydrogen) atoms. The van der Waals surface area contributed by atoms with Gasteiger partial charge in [-0.05, 0) is 26.0 Å². The van der Waals surface area contributed by atoms with E-state index in [0.29, 0.717) is 17.9 Å². The Balaban J connectivity index is 2.92. The van der Waals surface area contributed by atoms with Gasteiger partial charge in [0.05, 0.1) is 5.60 Å². The molecule has 1 aromatic heterocycles. The third-order valence-corrected chi connectivity index (χ3v) is 2.16. The summed E-state index contributed by atoms with van der Waals surface area (Å²) in [6, 6.07) is 3.34. The second kappa shape index (κ2) is 5.01. The lowest BCUT2D eigenvalue weighted by Gasteiger charge is -2.26. The summed E-state index contributed by atoms with van der Waals surface area (Å²) in [4.78, 5) is 5.96. The molecular formula is C11H18N4O2. The molecule has 0 aliphatic heterocycles. The molecule has 0 atom stereocenters. The fourth-order valence-electron chi connectivity index (χ4n) is 1.51. The number of aliphatic hydroxyl groups is 1. The Hall–Kier alpha value is -1.82. The van der Waals surface area contributed by atoms with Crippen molar-refractivity contribution in [1.82, 2.24) is 4.98 Å². The van der Waals surface area contributed by atoms with Gasteiger partial charge in [-0.2, -0.15) is 0 Å². The SMILES string of the molecule is CN(CC(C)(C)O)c1cc(C(N)=NO)ccn1. The first kappa shape index (κ1) is 13.2. The molecule has 1 aromatic rings. The first-order valence-electron chi connectivity index (χ1n) is 5.21. The quantitative estimate of drug-likeness (QED) is 0.305. The van der Waals surface area contributed by atoms with Crippen LogP contribution in [0.2, 0.25) is 0 Å². The lowest BCUT2D eigenvalue weighted by Crippen LogP contribution is -2.36. The van der Waals surface area contributed by atoms with E-state index in [1.807, 2.05) is 7.05 Å². The van der Waals surface area contributed by atoms with Crippen molar-refractivity contribution in [1.29, 1.82) is 0 Å². The maximum atomic E-state index is 9.72. The molecule has 0 radical (unpaired) electrons. The number of hydrogen-bond donors (Lipinski definition) is 3. The molecule has 0 saturated heterocycles. The van der Waals surface area contributed by atoms with Crippen LogP contribution in [-0.2, 0) is 0 Å². The van der Waals surface area contributed by atoms with E-state index in [9.17, 15) is 5.11 Å². The number of likely N-dealkylation sites (N-methyl/N-ethyl adjacent to an activating group) is 1. The molecule has 0 unspecified atom stereocenters. The van der Waals surface area contributed by atoms with Gasteiger partial charge in [0.2, 0.25) is 0 Å². The minimum Gasteiger partial charge on any atom is -0.409 e. The zero-order valence-electron chi connectivity index (χ0n) is 10.3. The van der Waals surface area contributed by atoms with E-state index in [4.69, 9.17) is 10.9 Å². The van der Waals surface area contributed by atoms with Crippen LogP contribution in [0.1, 0.15) is 19.4 Å². The Morgan fingerprint density at radius 3 is 2.76 bits per heavy atom. The lowest BCUT2D eigenvalue weighted by molar-refractivity contribution is 0.0884. The number of anilines is 1. The van der Waals surface area contributed by atoms with Gasteiger partial charge >= 0.3 is 0 Å². The van der Waals surface area contributed by atoms with Gasteiger partial charge in [-0.3, -0.25) is 0 Å². The van der Waals surface area contributed by atoms with Crippen molar-refractivity contribution in [2.24, 2.45) is 10.9 Å². The maximum Gasteiger partial charge on any atom is 0.170 e. The van der Waals surface area contributed by atoms with Crippen molar-refractivity contribution >= 4 is 11.7 Å². The van der Waals surface area contributed by atoms with Crippen LogP contribution in [0, 0.1) is 0 Å². The van der Waals surface area contributed by atoms with Crippen LogP contribution in [0.3, 0.4) is 0 Å². The van der Waals surface area contributed by atoms with Crippen LogP contribution in [-0.4, -0.2) is 40.3 Å². The van der Waals surface area contributed by atoms with E-state index in [2.05, 4.69) is 10.1 Å². The van der Waals surface area contributed by atoms with Crippen LogP contribution >= 0.6 is 0 Å². The van der Waals surface area contributed by atoms with Gasteiger partial charge in [0.1, 0.15) is 5.82 Å². The zero-order chi connectivity index (χ0) is 13.1. The van der Waals surface area contributed by atoms with E-state index in [0.717, 1.165) is 0 Å². The Kier molecular flexibility index (Phi) is 3.90. The highest BCUT2D eigenvalue weighted by atomic mass is 16.4. The summed E-state index contributed by atoms with van der Waals surface area (Å²) in [7, 11) is 1.82. The number of hydrogen-bond acceptors (Lipinski definition) is 5. The molecule has 0 aromatic carbocycles. The molecule has 6 heteroatoms. The Morgan fingerprint density at radius 1 is 1.59 bits per heavy atom. The van der Waals surface area contributed by atoms with Crippen molar-refractivity contribution in [2.75, 3.05) is 18.5 Å². The second-order valence-electron chi connectivity index (χ2n) is 4.56. The fraction of sp³-hybridized carbons (Fsp3) is 0.455. The van der Waals surface area contributed by atoms with Crippen LogP contribution < -0.4 is 10.6 Å². The predicted octanol–water partition coefficient (Wildman–Crippen LogP) is 0.383. The zero-order valence-corrected chi connectivity index (χ0v) is 10.3. The number of nitrogens with two attached hydrogens (primary N) is 1. The van der Waals surface area contributed by atoms with Crippen molar-refractivity contribution in [2.45, 2.75) is 19.4 Å². The topological polar surface area (TPSA) is 95.0 Å². The van der Waals surface area contributed by atoms with Crippen LogP contribution in [0.15, 0.2) is 23.5 Å². The Bertz CT molecular complexity index is 412. The van der Waals surface area contributed by atoms with Crippen LogP contribution in [0.5, 0.6) is 0 Å². The van der Waals surface area contributed by atoms with E-state index in [-0.39, 0.29) is 5.84 Å². The number of aromatic nitrogens is 1. The molecule has 0 fully saturated rings. The average molecular weight is 238 g/mol. The van der Waals surface area contributed by atoms with Gasteiger partial charge in [-0.25, -0.2) is 4.98 Å². The Labute approximate surface area is 100 Å². The summed E-state index contributed by atoms with van der Waals surface area (Å²) in [5.41, 5.74) is 5.26. The third-order valence-electron chi connectivity index (χ3n) is 2.16. The highest BCUT2D eigenvalue weighted by molar-refractivity contribution is 5.97. The summed E-state index contributed by atoms with van der Waals surface area (Å²) in [5.74, 6) is 0.682. The van der Waals surface area contributed by atoms with Crippen molar-refractivity contribution in [3.8, 4) is 0 Å². The van der Waals surface area contributed by atoms with Crippen molar-refractivity contribution < 1.29 is 10.3 Å². The highest BCUT2D eigenvalue weighted by Crippen LogP contribution is 2.14. The van der Waals surface area contributed by atoms with Gasteiger partial charge in [0.15, 0.2) is 5.84 Å². The van der Waals surface area contributed by atoms with Gasteiger partial charge in [0.25, 0.3) is 0 Å². The first-order valence-corrected chi connectivity index (χ1v) is 5.21. The van der Waals surface area contributed by atoms with E-state index < -0.39 is 5.60 Å². The summed E-state index contributed by atoms with van der Waals surface area (Å²) in [6.07, 6.45) is 1.57. The van der Waals surface area contributed by atoms with Crippen LogP contribution in [0.4, 0.5) is 5.82 Å². The van der Waals surface area contributed by atoms with E-state index >= 15 is 0 Å². The molecule has 1 rings (SSSR count). The van der Waals surface area contributed by atoms with Gasteiger partial charge < -0.3 is 20.9 Å². The smallest absolute Gasteiger partial charge is 0.170 e. The molecule has 4 N–H and O–H groups in total. The lowest BCUT2D eigenvalue weighted by atomic mass is 10.1. The molecule has 0 aliphatic rings. The molecular weight excluding hydrogens is 220 g/mol. The largest absolute Gasteiger partial charge is 0.409 e. The molecule has 0 bridgehead atoms. The minimum atomic E-state index is -0.816. The molecule has 1 heterocycles. The number of pyridine rings is 1. The average Bonchev–Trinajstić information content (AvgIpc) is 2.26. The monoisotopic (exact) mass is 238 g/mol. The van der Waals surface area contributed by atoms with E-state index in [1.54, 1.807) is 37.1 Å². The van der Waals surface area contributed by atoms with Crippen molar-refractivity contribution in [3.63, 3.8) is 0 Å². The standard InChI is InChI=1S/C11H18N4O2/c1-11(2,16)7-15(3)9-6-8(4-5-13-9)10(12)14-17/h4-6,16-17H,7H2,1-3H3,(H2,12,14). The molecule has 6 nitrogen and oxygen atoms in total. The summed E-state index contributed by atoms with van der Waals surface area (Å²) in [5, 5.41) is 21.2. The molecule has 0 saturated carbocycles. The highest BCUT2D eigenvalue weighted by Gasteiger charge is 2.17. The van der Waals surface area contributed by atoms with Gasteiger partial charge in [-0.15, -0.1) is 0 Å². The molecule has 94 valence electrons. The second-order valence-corrected chi connectivity index (χ2v) is 4.56. The summed E-state index contributed by atoms with van der Waals surface area (Å²) < 4.78 is 0. The third kappa shape index (κ3) is 3.92.